The molecule has 3 heteroatoms. The van der Waals surface area contributed by atoms with Crippen LogP contribution in [-0.4, -0.2) is 17.0 Å². The van der Waals surface area contributed by atoms with Crippen molar-refractivity contribution in [1.29, 1.82) is 0 Å². The molecule has 1 aromatic carbocycles. The van der Waals surface area contributed by atoms with Gasteiger partial charge in [-0.2, -0.15) is 11.8 Å². The number of halogens is 1. The number of rotatable bonds is 3. The third-order valence-corrected chi connectivity index (χ3v) is 5.37. The van der Waals surface area contributed by atoms with Crippen LogP contribution in [0.4, 0.5) is 0 Å². The van der Waals surface area contributed by atoms with Crippen molar-refractivity contribution in [3.63, 3.8) is 0 Å². The zero-order valence-corrected chi connectivity index (χ0v) is 11.5. The lowest BCUT2D eigenvalue weighted by molar-refractivity contribution is 0.671. The second-order valence-corrected chi connectivity index (χ2v) is 7.01. The molecule has 92 valence electrons. The summed E-state index contributed by atoms with van der Waals surface area (Å²) in [5, 5.41) is 0.944. The summed E-state index contributed by atoms with van der Waals surface area (Å²) in [7, 11) is 0. The third-order valence-electron chi connectivity index (χ3n) is 3.88. The Bertz CT molecular complexity index is 422. The van der Waals surface area contributed by atoms with Gasteiger partial charge in [0.05, 0.1) is 0 Å². The topological polar surface area (TPSA) is 26.0 Å². The zero-order valence-electron chi connectivity index (χ0n) is 9.92. The van der Waals surface area contributed by atoms with Crippen molar-refractivity contribution in [2.24, 2.45) is 5.73 Å². The van der Waals surface area contributed by atoms with Crippen LogP contribution in [0.15, 0.2) is 18.2 Å². The van der Waals surface area contributed by atoms with E-state index in [1.54, 1.807) is 0 Å². The lowest BCUT2D eigenvalue weighted by Crippen LogP contribution is -2.24. The van der Waals surface area contributed by atoms with Crippen LogP contribution in [0, 0.1) is 0 Å². The van der Waals surface area contributed by atoms with Gasteiger partial charge in [-0.25, -0.2) is 0 Å². The Morgan fingerprint density at radius 3 is 2.82 bits per heavy atom. The molecule has 1 heterocycles. The molecule has 1 saturated heterocycles. The van der Waals surface area contributed by atoms with Crippen molar-refractivity contribution < 1.29 is 0 Å². The Labute approximate surface area is 112 Å². The maximum Gasteiger partial charge on any atom is 0.0443 e. The van der Waals surface area contributed by atoms with Gasteiger partial charge < -0.3 is 5.73 Å². The Hall–Kier alpha value is -0.180. The molecule has 1 unspecified atom stereocenters. The normalized spacial score (nSPS) is 26.1. The van der Waals surface area contributed by atoms with Gasteiger partial charge in [-0.3, -0.25) is 0 Å². The van der Waals surface area contributed by atoms with Crippen LogP contribution in [0.5, 0.6) is 0 Å². The molecule has 1 atom stereocenters. The van der Waals surface area contributed by atoms with Crippen LogP contribution in [0.2, 0.25) is 5.02 Å². The van der Waals surface area contributed by atoms with Crippen molar-refractivity contribution in [3.8, 4) is 0 Å². The van der Waals surface area contributed by atoms with Crippen LogP contribution in [-0.2, 0) is 6.42 Å². The molecule has 0 radical (unpaired) electrons. The molecule has 17 heavy (non-hydrogen) atoms. The number of thioether (sulfide) groups is 1. The van der Waals surface area contributed by atoms with Crippen LogP contribution in [0.1, 0.15) is 36.3 Å². The molecular formula is C14H18ClNS. The molecule has 2 aliphatic rings. The van der Waals surface area contributed by atoms with Gasteiger partial charge >= 0.3 is 0 Å². The Morgan fingerprint density at radius 2 is 2.24 bits per heavy atom. The molecule has 0 spiro atoms. The van der Waals surface area contributed by atoms with Gasteiger partial charge in [0, 0.05) is 16.3 Å². The van der Waals surface area contributed by atoms with Gasteiger partial charge in [0.25, 0.3) is 0 Å². The van der Waals surface area contributed by atoms with Crippen molar-refractivity contribution in [3.05, 3.63) is 34.3 Å². The SMILES string of the molecule is NC1(Cc2ccc(C3CCSC3)c(Cl)c2)CC1. The molecule has 0 aromatic heterocycles. The minimum atomic E-state index is 0.0774. The first kappa shape index (κ1) is 11.9. The minimum absolute atomic E-state index is 0.0774. The van der Waals surface area contributed by atoms with Crippen molar-refractivity contribution in [2.45, 2.75) is 37.1 Å². The molecule has 1 nitrogen and oxygen atoms in total. The fourth-order valence-corrected chi connectivity index (χ4v) is 4.14. The van der Waals surface area contributed by atoms with E-state index in [9.17, 15) is 0 Å². The van der Waals surface area contributed by atoms with Crippen LogP contribution < -0.4 is 5.73 Å². The van der Waals surface area contributed by atoms with Gasteiger partial charge in [-0.1, -0.05) is 23.7 Å². The molecule has 1 aliphatic carbocycles. The molecule has 1 saturated carbocycles. The smallest absolute Gasteiger partial charge is 0.0443 e. The van der Waals surface area contributed by atoms with Crippen LogP contribution >= 0.6 is 23.4 Å². The molecule has 0 bridgehead atoms. The highest BCUT2D eigenvalue weighted by Gasteiger charge is 2.38. The Kier molecular flexibility index (Phi) is 3.14. The summed E-state index contributed by atoms with van der Waals surface area (Å²) in [5.74, 6) is 3.16. The molecule has 2 N–H and O–H groups in total. The molecule has 0 amide bonds. The molecule has 3 rings (SSSR count). The monoisotopic (exact) mass is 267 g/mol. The Morgan fingerprint density at radius 1 is 1.41 bits per heavy atom. The lowest BCUT2D eigenvalue weighted by atomic mass is 9.95. The standard InChI is InChI=1S/C14H18ClNS/c15-13-7-10(8-14(16)4-5-14)1-2-12(13)11-3-6-17-9-11/h1-2,7,11H,3-6,8-9,16H2. The summed E-state index contributed by atoms with van der Waals surface area (Å²) in [6.45, 7) is 0. The Balaban J connectivity index is 1.78. The van der Waals surface area contributed by atoms with E-state index in [0.29, 0.717) is 5.92 Å². The maximum absolute atomic E-state index is 6.41. The van der Waals surface area contributed by atoms with E-state index in [-0.39, 0.29) is 5.54 Å². The highest BCUT2D eigenvalue weighted by Crippen LogP contribution is 2.39. The van der Waals surface area contributed by atoms with Crippen LogP contribution in [0.3, 0.4) is 0 Å². The molecule has 1 aliphatic heterocycles. The van der Waals surface area contributed by atoms with Gasteiger partial charge in [0.2, 0.25) is 0 Å². The first-order chi connectivity index (χ1) is 8.16. The fraction of sp³-hybridized carbons (Fsp3) is 0.571. The number of nitrogens with two attached hydrogens (primary N) is 1. The summed E-state index contributed by atoms with van der Waals surface area (Å²) >= 11 is 8.44. The van der Waals surface area contributed by atoms with Crippen molar-refractivity contribution in [2.75, 3.05) is 11.5 Å². The quantitative estimate of drug-likeness (QED) is 0.906. The summed E-state index contributed by atoms with van der Waals surface area (Å²) < 4.78 is 0. The fourth-order valence-electron chi connectivity index (χ4n) is 2.54. The highest BCUT2D eigenvalue weighted by molar-refractivity contribution is 7.99. The second kappa shape index (κ2) is 4.49. The number of hydrogen-bond donors (Lipinski definition) is 1. The number of hydrogen-bond acceptors (Lipinski definition) is 2. The van der Waals surface area contributed by atoms with E-state index in [1.165, 1.54) is 29.1 Å². The van der Waals surface area contributed by atoms with E-state index >= 15 is 0 Å². The van der Waals surface area contributed by atoms with E-state index in [2.05, 4.69) is 18.2 Å². The van der Waals surface area contributed by atoms with Gasteiger partial charge in [0.15, 0.2) is 0 Å². The average molecular weight is 268 g/mol. The van der Waals surface area contributed by atoms with Crippen molar-refractivity contribution in [1.82, 2.24) is 0 Å². The molecule has 2 fully saturated rings. The third kappa shape index (κ3) is 2.64. The van der Waals surface area contributed by atoms with E-state index in [0.717, 1.165) is 24.3 Å². The minimum Gasteiger partial charge on any atom is -0.325 e. The van der Waals surface area contributed by atoms with Crippen molar-refractivity contribution >= 4 is 23.4 Å². The first-order valence-corrected chi connectivity index (χ1v) is 7.85. The van der Waals surface area contributed by atoms with E-state index in [4.69, 9.17) is 17.3 Å². The summed E-state index contributed by atoms with van der Waals surface area (Å²) in [4.78, 5) is 0. The zero-order chi connectivity index (χ0) is 11.9. The second-order valence-electron chi connectivity index (χ2n) is 5.46. The maximum atomic E-state index is 6.41. The van der Waals surface area contributed by atoms with Crippen LogP contribution in [0.25, 0.3) is 0 Å². The predicted molar refractivity (Wildman–Crippen MR) is 76.0 cm³/mol. The van der Waals surface area contributed by atoms with Gasteiger partial charge in [0.1, 0.15) is 0 Å². The van der Waals surface area contributed by atoms with Gasteiger partial charge in [-0.15, -0.1) is 0 Å². The molecular weight excluding hydrogens is 250 g/mol. The predicted octanol–water partition coefficient (Wildman–Crippen LogP) is 3.59. The van der Waals surface area contributed by atoms with Gasteiger partial charge in [-0.05, 0) is 54.5 Å². The largest absolute Gasteiger partial charge is 0.325 e. The van der Waals surface area contributed by atoms with E-state index < -0.39 is 0 Å². The number of benzene rings is 1. The lowest BCUT2D eigenvalue weighted by Gasteiger charge is -2.14. The summed E-state index contributed by atoms with van der Waals surface area (Å²) in [5.41, 5.74) is 8.85. The summed E-state index contributed by atoms with van der Waals surface area (Å²) in [6.07, 6.45) is 4.56. The van der Waals surface area contributed by atoms with E-state index in [1.807, 2.05) is 11.8 Å². The average Bonchev–Trinajstić information content (AvgIpc) is 2.81. The first-order valence-electron chi connectivity index (χ1n) is 6.31. The highest BCUT2D eigenvalue weighted by atomic mass is 35.5. The summed E-state index contributed by atoms with van der Waals surface area (Å²) in [6, 6.07) is 6.57. The molecule has 1 aromatic rings.